The maximum absolute atomic E-state index is 11.9. The van der Waals surface area contributed by atoms with Crippen LogP contribution in [-0.2, 0) is 4.79 Å². The molecule has 4 nitrogen and oxygen atoms in total. The van der Waals surface area contributed by atoms with Gasteiger partial charge in [-0.15, -0.1) is 0 Å². The van der Waals surface area contributed by atoms with E-state index < -0.39 is 0 Å². The third-order valence-corrected chi connectivity index (χ3v) is 3.92. The first kappa shape index (κ1) is 13.6. The number of carbonyl (C=O) groups excluding carboxylic acids is 1. The number of benzene rings is 1. The van der Waals surface area contributed by atoms with Gasteiger partial charge < -0.3 is 10.2 Å². The average Bonchev–Trinajstić information content (AvgIpc) is 2.48. The number of carbonyl (C=O) groups is 1. The summed E-state index contributed by atoms with van der Waals surface area (Å²) in [4.78, 5) is 18.1. The molecule has 3 rings (SSSR count). The highest BCUT2D eigenvalue weighted by Crippen LogP contribution is 2.38. The lowest BCUT2D eigenvalue weighted by Gasteiger charge is -2.39. The summed E-state index contributed by atoms with van der Waals surface area (Å²) < 4.78 is 0. The first-order valence-corrected chi connectivity index (χ1v) is 7.23. The fraction of sp³-hybridized carbons (Fsp3) is 0.294. The van der Waals surface area contributed by atoms with Crippen LogP contribution in [0.4, 0.5) is 11.5 Å². The van der Waals surface area contributed by atoms with Crippen molar-refractivity contribution in [3.63, 3.8) is 0 Å². The molecule has 0 bridgehead atoms. The van der Waals surface area contributed by atoms with Gasteiger partial charge in [0.2, 0.25) is 5.91 Å². The van der Waals surface area contributed by atoms with Gasteiger partial charge in [-0.2, -0.15) is 0 Å². The Morgan fingerprint density at radius 2 is 2.00 bits per heavy atom. The summed E-state index contributed by atoms with van der Waals surface area (Å²) in [5.41, 5.74) is 2.15. The second kappa shape index (κ2) is 5.56. The Bertz CT molecular complexity index is 641. The Kier molecular flexibility index (Phi) is 3.60. The van der Waals surface area contributed by atoms with Crippen LogP contribution in [0.2, 0.25) is 0 Å². The maximum atomic E-state index is 11.9. The summed E-state index contributed by atoms with van der Waals surface area (Å²) in [6.07, 6.45) is 2.65. The predicted octanol–water partition coefficient (Wildman–Crippen LogP) is 3.38. The number of nitrogens with one attached hydrogen (secondary N) is 1. The predicted molar refractivity (Wildman–Crippen MR) is 84.3 cm³/mol. The molecular formula is C17H19N3O. The number of fused-ring (bicyclic) bond motifs is 1. The number of hydrogen-bond donors (Lipinski definition) is 1. The molecule has 0 spiro atoms. The van der Waals surface area contributed by atoms with Crippen LogP contribution in [0.5, 0.6) is 0 Å². The van der Waals surface area contributed by atoms with Crippen molar-refractivity contribution in [3.05, 3.63) is 54.2 Å². The highest BCUT2D eigenvalue weighted by atomic mass is 16.2. The molecular weight excluding hydrogens is 262 g/mol. The zero-order chi connectivity index (χ0) is 14.8. The SMILES string of the molecule is CC(=O)N1c2ccccc2C(Nc2ccccn2)C[C@H]1C. The van der Waals surface area contributed by atoms with Crippen molar-refractivity contribution in [1.82, 2.24) is 4.98 Å². The van der Waals surface area contributed by atoms with Crippen LogP contribution < -0.4 is 10.2 Å². The van der Waals surface area contributed by atoms with Crippen molar-refractivity contribution in [1.29, 1.82) is 0 Å². The highest BCUT2D eigenvalue weighted by Gasteiger charge is 2.32. The fourth-order valence-electron chi connectivity index (χ4n) is 3.06. The van der Waals surface area contributed by atoms with Crippen molar-refractivity contribution in [3.8, 4) is 0 Å². The molecule has 2 atom stereocenters. The average molecular weight is 281 g/mol. The zero-order valence-corrected chi connectivity index (χ0v) is 12.3. The lowest BCUT2D eigenvalue weighted by molar-refractivity contribution is -0.117. The summed E-state index contributed by atoms with van der Waals surface area (Å²) in [5.74, 6) is 0.951. The number of para-hydroxylation sites is 1. The maximum Gasteiger partial charge on any atom is 0.224 e. The number of anilines is 2. The van der Waals surface area contributed by atoms with Crippen molar-refractivity contribution in [2.75, 3.05) is 10.2 Å². The van der Waals surface area contributed by atoms with E-state index in [0.717, 1.165) is 23.5 Å². The molecule has 108 valence electrons. The molecule has 0 fully saturated rings. The fourth-order valence-corrected chi connectivity index (χ4v) is 3.06. The number of nitrogens with zero attached hydrogens (tertiary/aromatic N) is 2. The van der Waals surface area contributed by atoms with Gasteiger partial charge in [-0.3, -0.25) is 4.79 Å². The van der Waals surface area contributed by atoms with Crippen LogP contribution in [0.15, 0.2) is 48.7 Å². The van der Waals surface area contributed by atoms with E-state index in [1.807, 2.05) is 41.3 Å². The Hall–Kier alpha value is -2.36. The third kappa shape index (κ3) is 2.61. The monoisotopic (exact) mass is 281 g/mol. The van der Waals surface area contributed by atoms with E-state index in [1.54, 1.807) is 13.1 Å². The van der Waals surface area contributed by atoms with Gasteiger partial charge in [0.05, 0.1) is 6.04 Å². The largest absolute Gasteiger partial charge is 0.363 e. The van der Waals surface area contributed by atoms with Gasteiger partial charge in [0.1, 0.15) is 5.82 Å². The molecule has 1 aliphatic heterocycles. The molecule has 1 amide bonds. The number of hydrogen-bond acceptors (Lipinski definition) is 3. The van der Waals surface area contributed by atoms with E-state index in [2.05, 4.69) is 23.3 Å². The Balaban J connectivity index is 1.96. The van der Waals surface area contributed by atoms with E-state index in [-0.39, 0.29) is 18.0 Å². The minimum absolute atomic E-state index is 0.0891. The number of amides is 1. The van der Waals surface area contributed by atoms with E-state index in [4.69, 9.17) is 0 Å². The Morgan fingerprint density at radius 1 is 1.24 bits per heavy atom. The molecule has 1 aromatic heterocycles. The smallest absolute Gasteiger partial charge is 0.224 e. The zero-order valence-electron chi connectivity index (χ0n) is 12.3. The minimum atomic E-state index is 0.0891. The minimum Gasteiger partial charge on any atom is -0.363 e. The van der Waals surface area contributed by atoms with Crippen molar-refractivity contribution < 1.29 is 4.79 Å². The van der Waals surface area contributed by atoms with Crippen molar-refractivity contribution >= 4 is 17.4 Å². The third-order valence-electron chi connectivity index (χ3n) is 3.92. The van der Waals surface area contributed by atoms with Gasteiger partial charge in [0, 0.05) is 24.8 Å². The van der Waals surface area contributed by atoms with Crippen LogP contribution >= 0.6 is 0 Å². The molecule has 0 radical (unpaired) electrons. The van der Waals surface area contributed by atoms with Gasteiger partial charge in [0.25, 0.3) is 0 Å². The van der Waals surface area contributed by atoms with Crippen molar-refractivity contribution in [2.45, 2.75) is 32.4 Å². The van der Waals surface area contributed by atoms with E-state index in [0.29, 0.717) is 0 Å². The van der Waals surface area contributed by atoms with Gasteiger partial charge >= 0.3 is 0 Å². The molecule has 1 aliphatic rings. The summed E-state index contributed by atoms with van der Waals surface area (Å²) in [5, 5.41) is 3.48. The first-order valence-electron chi connectivity index (χ1n) is 7.23. The Labute approximate surface area is 124 Å². The second-order valence-electron chi connectivity index (χ2n) is 5.44. The van der Waals surface area contributed by atoms with E-state index in [9.17, 15) is 4.79 Å². The number of pyridine rings is 1. The lowest BCUT2D eigenvalue weighted by atomic mass is 9.91. The van der Waals surface area contributed by atoms with E-state index >= 15 is 0 Å². The van der Waals surface area contributed by atoms with Crippen LogP contribution in [-0.4, -0.2) is 16.9 Å². The quantitative estimate of drug-likeness (QED) is 0.918. The standard InChI is InChI=1S/C17H19N3O/c1-12-11-15(19-17-9-5-6-10-18-17)14-7-3-4-8-16(14)20(12)13(2)21/h3-10,12,15H,11H2,1-2H3,(H,18,19)/t12-,15?/m1/s1. The van der Waals surface area contributed by atoms with Gasteiger partial charge in [0.15, 0.2) is 0 Å². The van der Waals surface area contributed by atoms with Crippen LogP contribution in [0.25, 0.3) is 0 Å². The summed E-state index contributed by atoms with van der Waals surface area (Å²) in [7, 11) is 0. The summed E-state index contributed by atoms with van der Waals surface area (Å²) >= 11 is 0. The molecule has 21 heavy (non-hydrogen) atoms. The number of rotatable bonds is 2. The second-order valence-corrected chi connectivity index (χ2v) is 5.44. The van der Waals surface area contributed by atoms with Gasteiger partial charge in [-0.1, -0.05) is 24.3 Å². The molecule has 0 saturated heterocycles. The summed E-state index contributed by atoms with van der Waals surface area (Å²) in [6, 6.07) is 14.3. The van der Waals surface area contributed by atoms with Crippen LogP contribution in [0.1, 0.15) is 31.9 Å². The van der Waals surface area contributed by atoms with Crippen LogP contribution in [0, 0.1) is 0 Å². The van der Waals surface area contributed by atoms with Gasteiger partial charge in [-0.25, -0.2) is 4.98 Å². The molecule has 1 aromatic carbocycles. The Morgan fingerprint density at radius 3 is 2.71 bits per heavy atom. The normalized spacial score (nSPS) is 20.8. The molecule has 2 heterocycles. The number of aromatic nitrogens is 1. The summed E-state index contributed by atoms with van der Waals surface area (Å²) in [6.45, 7) is 3.71. The lowest BCUT2D eigenvalue weighted by Crippen LogP contribution is -2.43. The molecule has 4 heteroatoms. The van der Waals surface area contributed by atoms with E-state index in [1.165, 1.54) is 0 Å². The molecule has 0 aliphatic carbocycles. The van der Waals surface area contributed by atoms with Crippen molar-refractivity contribution in [2.24, 2.45) is 0 Å². The van der Waals surface area contributed by atoms with Gasteiger partial charge in [-0.05, 0) is 37.1 Å². The topological polar surface area (TPSA) is 45.2 Å². The molecule has 2 aromatic rings. The molecule has 0 saturated carbocycles. The van der Waals surface area contributed by atoms with Crippen LogP contribution in [0.3, 0.4) is 0 Å². The molecule has 1 N–H and O–H groups in total. The first-order chi connectivity index (χ1) is 10.2. The molecule has 1 unspecified atom stereocenters. The highest BCUT2D eigenvalue weighted by molar-refractivity contribution is 5.93.